The van der Waals surface area contributed by atoms with Gasteiger partial charge in [0.05, 0.1) is 6.61 Å². The van der Waals surface area contributed by atoms with Gasteiger partial charge in [-0.2, -0.15) is 0 Å². The second kappa shape index (κ2) is 19.4. The van der Waals surface area contributed by atoms with Crippen LogP contribution < -0.4 is 0 Å². The van der Waals surface area contributed by atoms with Gasteiger partial charge in [0.15, 0.2) is 66.5 Å². The lowest BCUT2D eigenvalue weighted by atomic mass is 10.4. The Morgan fingerprint density at radius 2 is 0.529 bits per heavy atom. The van der Waals surface area contributed by atoms with E-state index in [1.165, 1.54) is 0 Å². The van der Waals surface area contributed by atoms with Crippen molar-refractivity contribution in [2.45, 2.75) is 170 Å². The predicted molar refractivity (Wildman–Crippen MR) is 284 cm³/mol. The lowest BCUT2D eigenvalue weighted by Crippen LogP contribution is -2.93. The van der Waals surface area contributed by atoms with Gasteiger partial charge in [0.2, 0.25) is 0 Å². The molecule has 38 heteroatoms. The molecule has 8 bridgehead atoms. The highest BCUT2D eigenvalue weighted by molar-refractivity contribution is 7.04. The molecule has 0 aliphatic carbocycles. The molecule has 0 unspecified atom stereocenters. The van der Waals surface area contributed by atoms with Crippen LogP contribution in [0.1, 0.15) is 13.3 Å². The monoisotopic (exact) mass is 1240 g/mol. The van der Waals surface area contributed by atoms with Crippen molar-refractivity contribution in [2.75, 3.05) is 6.61 Å². The van der Waals surface area contributed by atoms with Gasteiger partial charge in [-0.25, -0.2) is 4.79 Å². The third-order valence-electron chi connectivity index (χ3n) is 7.92. The van der Waals surface area contributed by atoms with Crippen LogP contribution in [0.15, 0.2) is 12.2 Å². The highest BCUT2D eigenvalue weighted by Crippen LogP contribution is 2.53. The normalized spacial score (nSPS) is 36.2. The maximum atomic E-state index is 12.4. The van der Waals surface area contributed by atoms with Gasteiger partial charge in [0, 0.05) is 5.57 Å². The highest BCUT2D eigenvalue weighted by Gasteiger charge is 2.92. The quantitative estimate of drug-likeness (QED) is 0.0473. The summed E-state index contributed by atoms with van der Waals surface area (Å²) in [7, 11) is -64.6. The van der Waals surface area contributed by atoms with Crippen molar-refractivity contribution in [2.24, 2.45) is 0 Å². The Bertz CT molecular complexity index is 1690. The zero-order valence-corrected chi connectivity index (χ0v) is 60.8. The highest BCUT2D eigenvalue weighted by atomic mass is 28.7. The van der Waals surface area contributed by atoms with Crippen LogP contribution in [0.5, 0.6) is 0 Å². The van der Waals surface area contributed by atoms with E-state index in [-0.39, 0.29) is 12.2 Å². The second-order valence-corrected chi connectivity index (χ2v) is 82.5. The molecular formula is C30H80O22Si16. The molecule has 0 radical (unpaired) electrons. The molecule has 0 aromatic carbocycles. The van der Waals surface area contributed by atoms with E-state index >= 15 is 0 Å². The van der Waals surface area contributed by atoms with Gasteiger partial charge in [-0.05, 0) is 170 Å². The molecule has 6 fully saturated rings. The summed E-state index contributed by atoms with van der Waals surface area (Å²) >= 11 is 0. The Morgan fingerprint density at radius 3 is 0.691 bits per heavy atom. The fraction of sp³-hybridized carbons (Fsp3) is 0.900. The molecule has 0 amide bonds. The molecule has 0 atom stereocenters. The molecule has 6 aliphatic heterocycles. The van der Waals surface area contributed by atoms with E-state index in [0.29, 0.717) is 12.5 Å². The first-order chi connectivity index (χ1) is 30.0. The van der Waals surface area contributed by atoms with E-state index in [1.54, 1.807) is 6.92 Å². The van der Waals surface area contributed by atoms with E-state index in [9.17, 15) is 4.79 Å². The lowest BCUT2D eigenvalue weighted by Gasteiger charge is -2.60. The maximum absolute atomic E-state index is 12.4. The molecule has 0 saturated carbocycles. The zero-order valence-electron chi connectivity index (χ0n) is 44.8. The topological polar surface area (TPSA) is 211 Å². The molecule has 0 spiro atoms. The van der Waals surface area contributed by atoms with Crippen LogP contribution in [0.2, 0.25) is 157 Å². The van der Waals surface area contributed by atoms with Crippen molar-refractivity contribution in [1.82, 2.24) is 0 Å². The third kappa shape index (κ3) is 16.9. The van der Waals surface area contributed by atoms with Crippen LogP contribution in [-0.2, 0) is 91.8 Å². The summed E-state index contributed by atoms with van der Waals surface area (Å²) in [5.74, 6) is -0.502. The molecule has 0 aromatic heterocycles. The van der Waals surface area contributed by atoms with Crippen molar-refractivity contribution in [3.8, 4) is 0 Å². The molecule has 396 valence electrons. The summed E-state index contributed by atoms with van der Waals surface area (Å²) in [4.78, 5) is 12.4. The summed E-state index contributed by atoms with van der Waals surface area (Å²) in [6, 6.07) is 0.395. The number of hydrogen-bond donors (Lipinski definition) is 0. The molecule has 6 aliphatic rings. The molecule has 0 N–H and O–H groups in total. The molecule has 6 heterocycles. The van der Waals surface area contributed by atoms with Gasteiger partial charge in [0.1, 0.15) is 0 Å². The number of carbonyl (C=O) groups is 1. The smallest absolute Gasteiger partial charge is 0.462 e. The van der Waals surface area contributed by atoms with Crippen molar-refractivity contribution < 1.29 is 91.8 Å². The SMILES string of the molecule is C=C(C)C(=O)OCCC[Si](C)(C)O[Si]12O[Si]3(O[Si](C)(C)C)O[Si]4(O[Si](C)(C)C)O[Si]5(O[Si](C)(C)C)O[Si](O[Si](C)(C)C)(O3)O[Si](O[Si](C)(C)C)(O[Si](O[Si](C)(C)C)(O5)O[Si](O[Si](C)(C)C)(O4)O1)O2. The number of hydrogen-bond acceptors (Lipinski definition) is 22. The van der Waals surface area contributed by atoms with Crippen molar-refractivity contribution in [3.05, 3.63) is 12.2 Å². The zero-order chi connectivity index (χ0) is 52.1. The summed E-state index contributed by atoms with van der Waals surface area (Å²) in [6.45, 7) is 49.9. The number of esters is 1. The first-order valence-corrected chi connectivity index (χ1v) is 62.9. The summed E-state index contributed by atoms with van der Waals surface area (Å²) in [6.07, 6.45) is 0.394. The minimum Gasteiger partial charge on any atom is -0.462 e. The van der Waals surface area contributed by atoms with Crippen LogP contribution in [0.3, 0.4) is 0 Å². The summed E-state index contributed by atoms with van der Waals surface area (Å²) < 4.78 is 152. The second-order valence-electron chi connectivity index (χ2n) is 24.6. The summed E-state index contributed by atoms with van der Waals surface area (Å²) in [5.41, 5.74) is 0.284. The van der Waals surface area contributed by atoms with Gasteiger partial charge in [0.25, 0.3) is 0 Å². The lowest BCUT2D eigenvalue weighted by molar-refractivity contribution is -0.139. The van der Waals surface area contributed by atoms with Gasteiger partial charge >= 0.3 is 78.4 Å². The van der Waals surface area contributed by atoms with Crippen molar-refractivity contribution in [1.29, 1.82) is 0 Å². The maximum Gasteiger partial charge on any atom is 0.651 e. The largest absolute Gasteiger partial charge is 0.651 e. The van der Waals surface area contributed by atoms with Crippen LogP contribution in [0, 0.1) is 0 Å². The Hall–Kier alpha value is 1.88. The fourth-order valence-electron chi connectivity index (χ4n) is 6.64. The van der Waals surface area contributed by atoms with Crippen LogP contribution in [-0.4, -0.2) is 151 Å². The average molecular weight is 1240 g/mol. The van der Waals surface area contributed by atoms with Crippen LogP contribution in [0.25, 0.3) is 0 Å². The third-order valence-corrected chi connectivity index (χ3v) is 60.8. The van der Waals surface area contributed by atoms with E-state index in [2.05, 4.69) is 6.58 Å². The Morgan fingerprint density at radius 1 is 0.353 bits per heavy atom. The van der Waals surface area contributed by atoms with Gasteiger partial charge in [-0.1, -0.05) is 6.58 Å². The van der Waals surface area contributed by atoms with Crippen molar-refractivity contribution in [3.63, 3.8) is 0 Å². The Labute approximate surface area is 422 Å². The van der Waals surface area contributed by atoms with Gasteiger partial charge in [-0.3, -0.25) is 0 Å². The number of carbonyl (C=O) groups excluding carboxylic acids is 1. The molecule has 6 rings (SSSR count). The fourth-order valence-corrected chi connectivity index (χ4v) is 72.4. The molecular weight excluding hydrogens is 1160 g/mol. The first kappa shape index (κ1) is 60.7. The van der Waals surface area contributed by atoms with Crippen LogP contribution >= 0.6 is 0 Å². The van der Waals surface area contributed by atoms with Crippen molar-refractivity contribution >= 4 is 145 Å². The van der Waals surface area contributed by atoms with E-state index in [0.717, 1.165) is 0 Å². The number of ether oxygens (including phenoxy) is 1. The first-order valence-electron chi connectivity index (χ1n) is 22.8. The summed E-state index contributed by atoms with van der Waals surface area (Å²) in [5, 5.41) is 0. The van der Waals surface area contributed by atoms with E-state index < -0.39 is 145 Å². The average Bonchev–Trinajstić information content (AvgIpc) is 2.92. The Kier molecular flexibility index (Phi) is 17.3. The minimum atomic E-state index is -5.22. The van der Waals surface area contributed by atoms with E-state index in [4.69, 9.17) is 87.0 Å². The molecule has 22 nitrogen and oxygen atoms in total. The van der Waals surface area contributed by atoms with Gasteiger partial charge in [-0.15, -0.1) is 0 Å². The minimum absolute atomic E-state index is 0.0865. The Balaban J connectivity index is 2.01. The predicted octanol–water partition coefficient (Wildman–Crippen LogP) is 7.43. The molecule has 68 heavy (non-hydrogen) atoms. The standard InChI is InChI=1S/C30H80O22Si16/c1-29(2)30(31)32-27-26-28-60(24,25)40-68-50-65(37-57(15,16)17)44-62(34-54(6,7)8)41-61(33-53(3,4)5)42-63(46-65,35-55(9,10)11)48-67(52-68,39-59(21,22)23)49-64(43-61,36-56(12,13)14)47-66(45-62,51-68)38-58(18,19)20/h1,26-28H2,2-25H3. The van der Waals surface area contributed by atoms with Crippen LogP contribution in [0.4, 0.5) is 0 Å². The van der Waals surface area contributed by atoms with E-state index in [1.807, 2.05) is 151 Å². The molecule has 6 saturated heterocycles. The molecule has 0 aromatic rings. The van der Waals surface area contributed by atoms with Gasteiger partial charge < -0.3 is 87.0 Å². The number of rotatable bonds is 21.